The zero-order valence-corrected chi connectivity index (χ0v) is 13.0. The molecule has 0 atom stereocenters. The fraction of sp³-hybridized carbons (Fsp3) is 0.375. The minimum atomic E-state index is -0.791. The van der Waals surface area contributed by atoms with Gasteiger partial charge in [-0.25, -0.2) is 4.39 Å². The summed E-state index contributed by atoms with van der Waals surface area (Å²) in [7, 11) is 0. The Kier molecular flexibility index (Phi) is 3.87. The fourth-order valence-electron chi connectivity index (χ4n) is 2.88. The zero-order chi connectivity index (χ0) is 15.9. The number of hydrogen-bond donors (Lipinski definition) is 1. The third-order valence-corrected chi connectivity index (χ3v) is 5.47. The molecule has 0 bridgehead atoms. The Morgan fingerprint density at radius 1 is 1.32 bits per heavy atom. The smallest absolute Gasteiger partial charge is 0.306 e. The molecule has 22 heavy (non-hydrogen) atoms. The number of aliphatic carboxylic acids is 1. The van der Waals surface area contributed by atoms with Crippen LogP contribution in [0.25, 0.3) is 10.1 Å². The van der Waals surface area contributed by atoms with Crippen LogP contribution in [0.2, 0.25) is 0 Å². The Bertz CT molecular complexity index is 747. The van der Waals surface area contributed by atoms with Crippen LogP contribution in [0.1, 0.15) is 28.1 Å². The molecule has 116 valence electrons. The van der Waals surface area contributed by atoms with E-state index < -0.39 is 5.97 Å². The van der Waals surface area contributed by atoms with Gasteiger partial charge in [0, 0.05) is 17.8 Å². The van der Waals surface area contributed by atoms with Crippen LogP contribution < -0.4 is 0 Å². The van der Waals surface area contributed by atoms with Gasteiger partial charge in [0.05, 0.1) is 10.8 Å². The van der Waals surface area contributed by atoms with Crippen molar-refractivity contribution in [1.82, 2.24) is 4.90 Å². The molecule has 1 fully saturated rings. The van der Waals surface area contributed by atoms with E-state index in [1.54, 1.807) is 11.0 Å². The van der Waals surface area contributed by atoms with Gasteiger partial charge >= 0.3 is 5.97 Å². The number of nitrogens with zero attached hydrogens (tertiary/aromatic N) is 1. The predicted molar refractivity (Wildman–Crippen MR) is 82.8 cm³/mol. The highest BCUT2D eigenvalue weighted by molar-refractivity contribution is 7.21. The molecule has 1 N–H and O–H groups in total. The highest BCUT2D eigenvalue weighted by atomic mass is 32.1. The van der Waals surface area contributed by atoms with Crippen molar-refractivity contribution in [2.24, 2.45) is 5.92 Å². The zero-order valence-electron chi connectivity index (χ0n) is 12.1. The van der Waals surface area contributed by atoms with Crippen LogP contribution in [0.4, 0.5) is 4.39 Å². The van der Waals surface area contributed by atoms with Gasteiger partial charge in [0.1, 0.15) is 5.82 Å². The number of benzene rings is 1. The molecule has 1 aromatic heterocycles. The summed E-state index contributed by atoms with van der Waals surface area (Å²) in [5.41, 5.74) is 0.866. The molecule has 3 rings (SSSR count). The molecule has 0 saturated carbocycles. The van der Waals surface area contributed by atoms with Gasteiger partial charge in [-0.1, -0.05) is 6.07 Å². The summed E-state index contributed by atoms with van der Waals surface area (Å²) >= 11 is 1.30. The van der Waals surface area contributed by atoms with Crippen molar-refractivity contribution >= 4 is 33.3 Å². The molecule has 2 aromatic rings. The van der Waals surface area contributed by atoms with E-state index in [1.165, 1.54) is 23.5 Å². The predicted octanol–water partition coefficient (Wildman–Crippen LogP) is 3.29. The number of carboxylic acid groups (broad SMARTS) is 1. The van der Waals surface area contributed by atoms with Crippen molar-refractivity contribution in [2.45, 2.75) is 19.8 Å². The van der Waals surface area contributed by atoms with Crippen molar-refractivity contribution in [3.63, 3.8) is 0 Å². The third kappa shape index (κ3) is 2.59. The first-order valence-electron chi connectivity index (χ1n) is 7.18. The highest BCUT2D eigenvalue weighted by Gasteiger charge is 2.29. The molecule has 0 aliphatic carbocycles. The quantitative estimate of drug-likeness (QED) is 0.923. The summed E-state index contributed by atoms with van der Waals surface area (Å²) in [6.45, 7) is 2.78. The monoisotopic (exact) mass is 321 g/mol. The molecule has 0 unspecified atom stereocenters. The number of fused-ring (bicyclic) bond motifs is 1. The van der Waals surface area contributed by atoms with Gasteiger partial charge in [0.15, 0.2) is 0 Å². The van der Waals surface area contributed by atoms with Crippen LogP contribution in [-0.4, -0.2) is 35.0 Å². The van der Waals surface area contributed by atoms with Gasteiger partial charge in [-0.15, -0.1) is 11.3 Å². The van der Waals surface area contributed by atoms with Crippen LogP contribution in [0.5, 0.6) is 0 Å². The van der Waals surface area contributed by atoms with E-state index in [0.717, 1.165) is 15.6 Å². The number of piperidine rings is 1. The number of carbonyl (C=O) groups excluding carboxylic acids is 1. The normalized spacial score (nSPS) is 16.2. The molecule has 2 heterocycles. The van der Waals surface area contributed by atoms with E-state index in [9.17, 15) is 14.0 Å². The lowest BCUT2D eigenvalue weighted by Gasteiger charge is -2.30. The van der Waals surface area contributed by atoms with Gasteiger partial charge in [0.25, 0.3) is 5.91 Å². The number of thiophene rings is 1. The first kappa shape index (κ1) is 15.0. The Morgan fingerprint density at radius 3 is 2.64 bits per heavy atom. The van der Waals surface area contributed by atoms with Gasteiger partial charge in [-0.05, 0) is 42.8 Å². The SMILES string of the molecule is Cc1c(C(=O)N2CCC(C(=O)O)CC2)sc2cc(F)ccc12. The molecule has 6 heteroatoms. The average molecular weight is 321 g/mol. The number of hydrogen-bond acceptors (Lipinski definition) is 3. The first-order chi connectivity index (χ1) is 10.5. The standard InChI is InChI=1S/C16H16FNO3S/c1-9-12-3-2-11(17)8-13(12)22-14(9)15(19)18-6-4-10(5-7-18)16(20)21/h2-3,8,10H,4-7H2,1H3,(H,20,21). The topological polar surface area (TPSA) is 57.6 Å². The Labute approximate surface area is 131 Å². The Hall–Kier alpha value is -1.95. The van der Waals surface area contributed by atoms with Crippen LogP contribution >= 0.6 is 11.3 Å². The second kappa shape index (κ2) is 5.68. The number of likely N-dealkylation sites (tertiary alicyclic amines) is 1. The van der Waals surface area contributed by atoms with Crippen LogP contribution in [0, 0.1) is 18.7 Å². The van der Waals surface area contributed by atoms with Crippen molar-refractivity contribution in [2.75, 3.05) is 13.1 Å². The van der Waals surface area contributed by atoms with Crippen molar-refractivity contribution < 1.29 is 19.1 Å². The van der Waals surface area contributed by atoms with E-state index in [0.29, 0.717) is 30.8 Å². The molecule has 1 saturated heterocycles. The molecule has 1 aliphatic heterocycles. The summed E-state index contributed by atoms with van der Waals surface area (Å²) in [5, 5.41) is 9.91. The summed E-state index contributed by atoms with van der Waals surface area (Å²) in [6, 6.07) is 4.54. The minimum absolute atomic E-state index is 0.0806. The Morgan fingerprint density at radius 2 is 2.00 bits per heavy atom. The maximum absolute atomic E-state index is 13.3. The van der Waals surface area contributed by atoms with Gasteiger partial charge in [-0.3, -0.25) is 9.59 Å². The average Bonchev–Trinajstić information content (AvgIpc) is 2.83. The number of amides is 1. The second-order valence-corrected chi connectivity index (χ2v) is 6.65. The lowest BCUT2D eigenvalue weighted by atomic mass is 9.97. The van der Waals surface area contributed by atoms with Gasteiger partial charge < -0.3 is 10.0 Å². The van der Waals surface area contributed by atoms with Crippen molar-refractivity contribution in [1.29, 1.82) is 0 Å². The number of carboxylic acids is 1. The van der Waals surface area contributed by atoms with Crippen LogP contribution in [-0.2, 0) is 4.79 Å². The number of carbonyl (C=O) groups is 2. The van der Waals surface area contributed by atoms with Crippen molar-refractivity contribution in [3.8, 4) is 0 Å². The summed E-state index contributed by atoms with van der Waals surface area (Å²) in [6.07, 6.45) is 0.972. The summed E-state index contributed by atoms with van der Waals surface area (Å²) in [5.74, 6) is -1.54. The van der Waals surface area contributed by atoms with Crippen molar-refractivity contribution in [3.05, 3.63) is 34.5 Å². The van der Waals surface area contributed by atoms with Crippen LogP contribution in [0.3, 0.4) is 0 Å². The molecule has 1 amide bonds. The van der Waals surface area contributed by atoms with Crippen LogP contribution in [0.15, 0.2) is 18.2 Å². The molecular formula is C16H16FNO3S. The first-order valence-corrected chi connectivity index (χ1v) is 7.99. The number of rotatable bonds is 2. The van der Waals surface area contributed by atoms with E-state index in [4.69, 9.17) is 5.11 Å². The maximum Gasteiger partial charge on any atom is 0.306 e. The van der Waals surface area contributed by atoms with E-state index in [1.807, 2.05) is 6.92 Å². The largest absolute Gasteiger partial charge is 0.481 e. The Balaban J connectivity index is 1.84. The molecule has 1 aromatic carbocycles. The lowest BCUT2D eigenvalue weighted by molar-refractivity contribution is -0.143. The fourth-order valence-corrected chi connectivity index (χ4v) is 4.08. The number of halogens is 1. The van der Waals surface area contributed by atoms with E-state index >= 15 is 0 Å². The van der Waals surface area contributed by atoms with Gasteiger partial charge in [0.2, 0.25) is 0 Å². The summed E-state index contributed by atoms with van der Waals surface area (Å²) in [4.78, 5) is 25.9. The maximum atomic E-state index is 13.3. The number of aryl methyl sites for hydroxylation is 1. The summed E-state index contributed by atoms with van der Waals surface area (Å²) < 4.78 is 14.1. The minimum Gasteiger partial charge on any atom is -0.481 e. The van der Waals surface area contributed by atoms with E-state index in [-0.39, 0.29) is 17.6 Å². The highest BCUT2D eigenvalue weighted by Crippen LogP contribution is 2.33. The molecule has 0 spiro atoms. The molecular weight excluding hydrogens is 305 g/mol. The van der Waals surface area contributed by atoms with E-state index in [2.05, 4.69) is 0 Å². The lowest BCUT2D eigenvalue weighted by Crippen LogP contribution is -2.40. The molecule has 0 radical (unpaired) electrons. The van der Waals surface area contributed by atoms with Gasteiger partial charge in [-0.2, -0.15) is 0 Å². The molecule has 1 aliphatic rings. The third-order valence-electron chi connectivity index (χ3n) is 4.23. The second-order valence-electron chi connectivity index (χ2n) is 5.60. The molecule has 4 nitrogen and oxygen atoms in total.